The molecule has 1 aliphatic rings. The minimum atomic E-state index is -0.318. The van der Waals surface area contributed by atoms with Gasteiger partial charge in [-0.2, -0.15) is 0 Å². The summed E-state index contributed by atoms with van der Waals surface area (Å²) in [5, 5.41) is 2.77. The summed E-state index contributed by atoms with van der Waals surface area (Å²) in [6.07, 6.45) is 4.34. The Morgan fingerprint density at radius 1 is 1.17 bits per heavy atom. The smallest absolute Gasteiger partial charge is 0.323 e. The Morgan fingerprint density at radius 2 is 1.86 bits per heavy atom. The number of likely N-dealkylation sites (tertiary alicyclic amines) is 1. The molecular formula is C21H21FN6O. The van der Waals surface area contributed by atoms with Gasteiger partial charge in [-0.1, -0.05) is 0 Å². The number of carbonyl (C=O) groups excluding carboxylic acids is 1. The molecule has 3 aromatic rings. The number of hydrogen-bond donors (Lipinski definition) is 2. The Balaban J connectivity index is 1.37. The fraction of sp³-hybridized carbons (Fsp3) is 0.238. The van der Waals surface area contributed by atoms with Crippen molar-refractivity contribution in [2.24, 2.45) is 5.92 Å². The first-order valence-electron chi connectivity index (χ1n) is 9.34. The van der Waals surface area contributed by atoms with E-state index in [0.29, 0.717) is 36.2 Å². The maximum Gasteiger partial charge on any atom is 0.323 e. The second-order valence-electron chi connectivity index (χ2n) is 7.22. The average Bonchev–Trinajstić information content (AvgIpc) is 2.68. The van der Waals surface area contributed by atoms with Crippen LogP contribution >= 0.6 is 0 Å². The molecule has 1 fully saturated rings. The number of rotatable bonds is 4. The van der Waals surface area contributed by atoms with Crippen molar-refractivity contribution >= 4 is 17.5 Å². The zero-order valence-electron chi connectivity index (χ0n) is 16.0. The first-order valence-corrected chi connectivity index (χ1v) is 9.34. The van der Waals surface area contributed by atoms with Crippen LogP contribution in [-0.2, 0) is 6.42 Å². The lowest BCUT2D eigenvalue weighted by molar-refractivity contribution is 0.130. The van der Waals surface area contributed by atoms with Gasteiger partial charge in [0.05, 0.1) is 11.4 Å². The Bertz CT molecular complexity index is 1020. The highest BCUT2D eigenvalue weighted by Crippen LogP contribution is 2.25. The molecule has 0 spiro atoms. The third-order valence-electron chi connectivity index (χ3n) is 4.84. The molecule has 8 heteroatoms. The normalized spacial score (nSPS) is 13.8. The second kappa shape index (κ2) is 7.83. The molecular weight excluding hydrogens is 371 g/mol. The molecule has 2 amide bonds. The molecule has 0 unspecified atom stereocenters. The number of benzene rings is 1. The Labute approximate surface area is 167 Å². The predicted octanol–water partition coefficient (Wildman–Crippen LogP) is 3.27. The van der Waals surface area contributed by atoms with E-state index in [1.807, 2.05) is 6.92 Å². The number of aryl methyl sites for hydroxylation is 1. The van der Waals surface area contributed by atoms with Crippen LogP contribution in [0.1, 0.15) is 11.4 Å². The van der Waals surface area contributed by atoms with Crippen molar-refractivity contribution in [1.82, 2.24) is 19.9 Å². The van der Waals surface area contributed by atoms with Crippen molar-refractivity contribution in [3.8, 4) is 11.3 Å². The van der Waals surface area contributed by atoms with E-state index in [4.69, 9.17) is 5.73 Å². The number of hydrogen-bond acceptors (Lipinski definition) is 5. The molecule has 29 heavy (non-hydrogen) atoms. The van der Waals surface area contributed by atoms with E-state index in [-0.39, 0.29) is 11.8 Å². The minimum Gasteiger partial charge on any atom is -0.396 e. The number of nitrogen functional groups attached to an aromatic ring is 1. The molecule has 0 bridgehead atoms. The summed E-state index contributed by atoms with van der Waals surface area (Å²) in [6.45, 7) is 3.20. The van der Waals surface area contributed by atoms with Crippen LogP contribution in [0.2, 0.25) is 0 Å². The van der Waals surface area contributed by atoms with E-state index in [0.717, 1.165) is 23.4 Å². The number of urea groups is 1. The molecule has 0 saturated carbocycles. The number of aromatic nitrogens is 3. The van der Waals surface area contributed by atoms with Crippen molar-refractivity contribution < 1.29 is 9.18 Å². The van der Waals surface area contributed by atoms with Crippen LogP contribution in [-0.4, -0.2) is 39.0 Å². The van der Waals surface area contributed by atoms with Crippen LogP contribution in [0.25, 0.3) is 11.3 Å². The lowest BCUT2D eigenvalue weighted by Gasteiger charge is -2.38. The van der Waals surface area contributed by atoms with Gasteiger partial charge in [0.15, 0.2) is 5.82 Å². The first-order chi connectivity index (χ1) is 14.0. The molecule has 1 aliphatic heterocycles. The van der Waals surface area contributed by atoms with Crippen molar-refractivity contribution in [3.63, 3.8) is 0 Å². The average molecular weight is 392 g/mol. The fourth-order valence-electron chi connectivity index (χ4n) is 3.18. The lowest BCUT2D eigenvalue weighted by atomic mass is 9.96. The van der Waals surface area contributed by atoms with Gasteiger partial charge < -0.3 is 10.6 Å². The zero-order chi connectivity index (χ0) is 20.4. The van der Waals surface area contributed by atoms with Crippen LogP contribution in [0, 0.1) is 18.7 Å². The van der Waals surface area contributed by atoms with E-state index in [9.17, 15) is 9.18 Å². The highest BCUT2D eigenvalue weighted by Gasteiger charge is 2.31. The summed E-state index contributed by atoms with van der Waals surface area (Å²) in [4.78, 5) is 27.3. The van der Waals surface area contributed by atoms with E-state index in [1.54, 1.807) is 41.6 Å². The number of nitrogens with zero attached hydrogens (tertiary/aromatic N) is 4. The van der Waals surface area contributed by atoms with Gasteiger partial charge in [-0.25, -0.2) is 24.1 Å². The highest BCUT2D eigenvalue weighted by atomic mass is 19.1. The summed E-state index contributed by atoms with van der Waals surface area (Å²) in [5.74, 6) is 1.10. The maximum atomic E-state index is 13.1. The quantitative estimate of drug-likeness (QED) is 0.710. The van der Waals surface area contributed by atoms with Crippen LogP contribution in [0.5, 0.6) is 0 Å². The van der Waals surface area contributed by atoms with Gasteiger partial charge in [0.2, 0.25) is 0 Å². The Kier molecular flexibility index (Phi) is 5.07. The van der Waals surface area contributed by atoms with E-state index < -0.39 is 0 Å². The Morgan fingerprint density at radius 3 is 2.55 bits per heavy atom. The van der Waals surface area contributed by atoms with Crippen LogP contribution in [0.3, 0.4) is 0 Å². The summed E-state index contributed by atoms with van der Waals surface area (Å²) in [5.41, 5.74) is 8.71. The number of nitrogens with two attached hydrogens (primary N) is 1. The van der Waals surface area contributed by atoms with Gasteiger partial charge in [-0.15, -0.1) is 0 Å². The van der Waals surface area contributed by atoms with Crippen LogP contribution in [0.15, 0.2) is 48.8 Å². The molecule has 0 atom stereocenters. The molecule has 0 radical (unpaired) electrons. The van der Waals surface area contributed by atoms with Gasteiger partial charge in [0.25, 0.3) is 0 Å². The van der Waals surface area contributed by atoms with E-state index in [1.165, 1.54) is 12.1 Å². The zero-order valence-corrected chi connectivity index (χ0v) is 16.0. The van der Waals surface area contributed by atoms with Gasteiger partial charge >= 0.3 is 6.03 Å². The monoisotopic (exact) mass is 392 g/mol. The number of carbonyl (C=O) groups is 1. The van der Waals surface area contributed by atoms with Crippen LogP contribution < -0.4 is 11.1 Å². The topological polar surface area (TPSA) is 97.0 Å². The molecule has 1 aromatic carbocycles. The van der Waals surface area contributed by atoms with Crippen molar-refractivity contribution in [2.45, 2.75) is 13.3 Å². The number of halogens is 1. The van der Waals surface area contributed by atoms with Gasteiger partial charge in [-0.05, 0) is 48.9 Å². The molecule has 148 valence electrons. The van der Waals surface area contributed by atoms with E-state index in [2.05, 4.69) is 20.3 Å². The third-order valence-corrected chi connectivity index (χ3v) is 4.84. The molecule has 0 aliphatic carbocycles. The summed E-state index contributed by atoms with van der Waals surface area (Å²) < 4.78 is 13.1. The number of pyridine rings is 1. The maximum absolute atomic E-state index is 13.1. The molecule has 7 nitrogen and oxygen atoms in total. The van der Waals surface area contributed by atoms with Crippen LogP contribution in [0.4, 0.5) is 20.7 Å². The fourth-order valence-corrected chi connectivity index (χ4v) is 3.18. The SMILES string of the molecule is Cc1cnc(CC2CN(C(=O)Nc3nc(-c4ccc(F)cc4)ccc3N)C2)nc1. The van der Waals surface area contributed by atoms with Gasteiger partial charge in [0, 0.05) is 43.4 Å². The number of amides is 2. The summed E-state index contributed by atoms with van der Waals surface area (Å²) in [7, 11) is 0. The minimum absolute atomic E-state index is 0.249. The summed E-state index contributed by atoms with van der Waals surface area (Å²) in [6, 6.07) is 9.16. The molecule has 4 rings (SSSR count). The van der Waals surface area contributed by atoms with Gasteiger partial charge in [0.1, 0.15) is 11.6 Å². The predicted molar refractivity (Wildman–Crippen MR) is 109 cm³/mol. The molecule has 2 aromatic heterocycles. The third kappa shape index (κ3) is 4.31. The molecule has 3 N–H and O–H groups in total. The second-order valence-corrected chi connectivity index (χ2v) is 7.22. The lowest BCUT2D eigenvalue weighted by Crippen LogP contribution is -2.52. The Hall–Kier alpha value is -3.55. The van der Waals surface area contributed by atoms with Gasteiger partial charge in [-0.3, -0.25) is 5.32 Å². The number of anilines is 2. The highest BCUT2D eigenvalue weighted by molar-refractivity contribution is 5.92. The molecule has 1 saturated heterocycles. The van der Waals surface area contributed by atoms with Crippen molar-refractivity contribution in [1.29, 1.82) is 0 Å². The van der Waals surface area contributed by atoms with Crippen molar-refractivity contribution in [3.05, 3.63) is 66.0 Å². The first kappa shape index (κ1) is 18.8. The standard InChI is InChI=1S/C21H21FN6O/c1-13-9-24-19(25-10-13)8-14-11-28(12-14)21(29)27-20-17(23)6-7-18(26-20)15-2-4-16(22)5-3-15/h2-7,9-10,14H,8,11-12,23H2,1H3,(H,26,27,29). The molecule has 3 heterocycles. The number of nitrogens with one attached hydrogen (secondary N) is 1. The van der Waals surface area contributed by atoms with Crippen molar-refractivity contribution in [2.75, 3.05) is 24.1 Å². The largest absolute Gasteiger partial charge is 0.396 e. The summed E-state index contributed by atoms with van der Waals surface area (Å²) >= 11 is 0. The van der Waals surface area contributed by atoms with E-state index >= 15 is 0 Å².